The molecule has 0 unspecified atom stereocenters. The fourth-order valence-electron chi connectivity index (χ4n) is 3.49. The largest absolute Gasteiger partial charge is 0.464 e. The lowest BCUT2D eigenvalue weighted by molar-refractivity contribution is -0.133. The molecule has 7 heteroatoms. The monoisotopic (exact) mass is 467 g/mol. The minimum absolute atomic E-state index is 0.0445. The minimum atomic E-state index is -0.340. The maximum Gasteiger partial charge on any atom is 0.322 e. The van der Waals surface area contributed by atoms with E-state index in [-0.39, 0.29) is 24.4 Å². The normalized spacial score (nSPS) is 10.8. The number of hydrogen-bond donors (Lipinski definition) is 1. The third-order valence-corrected chi connectivity index (χ3v) is 5.22. The van der Waals surface area contributed by atoms with E-state index in [9.17, 15) is 9.59 Å². The van der Waals surface area contributed by atoms with Crippen molar-refractivity contribution in [2.24, 2.45) is 5.92 Å². The van der Waals surface area contributed by atoms with Gasteiger partial charge in [0.25, 0.3) is 0 Å². The summed E-state index contributed by atoms with van der Waals surface area (Å²) in [5.74, 6) is 1.53. The van der Waals surface area contributed by atoms with Gasteiger partial charge in [-0.3, -0.25) is 4.79 Å². The average molecular weight is 468 g/mol. The summed E-state index contributed by atoms with van der Waals surface area (Å²) in [6.45, 7) is 7.04. The molecule has 33 heavy (non-hydrogen) atoms. The van der Waals surface area contributed by atoms with Gasteiger partial charge in [-0.1, -0.05) is 61.8 Å². The summed E-state index contributed by atoms with van der Waals surface area (Å²) in [5.41, 5.74) is 1.59. The van der Waals surface area contributed by atoms with Crippen LogP contribution >= 0.6 is 11.6 Å². The molecule has 3 amide bonds. The summed E-state index contributed by atoms with van der Waals surface area (Å²) in [6, 6.07) is 20.1. The van der Waals surface area contributed by atoms with Gasteiger partial charge in [-0.05, 0) is 48.7 Å². The SMILES string of the molecule is Cc1ccc(CN(Cc2ccccc2)C(=O)CN(CC(C)C)C(=O)Nc2cccc(Cl)c2)o1. The average Bonchev–Trinajstić information content (AvgIpc) is 3.18. The van der Waals surface area contributed by atoms with E-state index < -0.39 is 0 Å². The number of nitrogens with zero attached hydrogens (tertiary/aromatic N) is 2. The van der Waals surface area contributed by atoms with Gasteiger partial charge in [-0.25, -0.2) is 4.79 Å². The second kappa shape index (κ2) is 11.6. The van der Waals surface area contributed by atoms with Gasteiger partial charge in [0, 0.05) is 23.8 Å². The molecule has 6 nitrogen and oxygen atoms in total. The van der Waals surface area contributed by atoms with E-state index >= 15 is 0 Å². The van der Waals surface area contributed by atoms with Crippen LogP contribution < -0.4 is 5.32 Å². The van der Waals surface area contributed by atoms with Crippen molar-refractivity contribution in [1.29, 1.82) is 0 Å². The Morgan fingerprint density at radius 1 is 0.970 bits per heavy atom. The fourth-order valence-corrected chi connectivity index (χ4v) is 3.68. The van der Waals surface area contributed by atoms with Crippen molar-refractivity contribution >= 4 is 29.2 Å². The van der Waals surface area contributed by atoms with E-state index in [1.165, 1.54) is 0 Å². The Labute approximate surface area is 200 Å². The summed E-state index contributed by atoms with van der Waals surface area (Å²) >= 11 is 6.04. The van der Waals surface area contributed by atoms with E-state index in [4.69, 9.17) is 16.0 Å². The van der Waals surface area contributed by atoms with Gasteiger partial charge in [0.1, 0.15) is 18.1 Å². The minimum Gasteiger partial charge on any atom is -0.464 e. The molecule has 0 fully saturated rings. The number of hydrogen-bond acceptors (Lipinski definition) is 3. The first-order chi connectivity index (χ1) is 15.8. The molecule has 2 aromatic carbocycles. The Morgan fingerprint density at radius 3 is 2.36 bits per heavy atom. The maximum absolute atomic E-state index is 13.4. The number of urea groups is 1. The van der Waals surface area contributed by atoms with Crippen molar-refractivity contribution in [3.8, 4) is 0 Å². The van der Waals surface area contributed by atoms with Crippen LogP contribution in [0, 0.1) is 12.8 Å². The summed E-state index contributed by atoms with van der Waals surface area (Å²) in [6.07, 6.45) is 0. The van der Waals surface area contributed by atoms with E-state index in [1.54, 1.807) is 34.1 Å². The third kappa shape index (κ3) is 7.68. The van der Waals surface area contributed by atoms with Crippen molar-refractivity contribution in [1.82, 2.24) is 9.80 Å². The molecule has 3 aromatic rings. The molecule has 0 saturated carbocycles. The number of benzene rings is 2. The van der Waals surface area contributed by atoms with Crippen LogP contribution in [0.2, 0.25) is 5.02 Å². The molecule has 0 bridgehead atoms. The van der Waals surface area contributed by atoms with Crippen molar-refractivity contribution < 1.29 is 14.0 Å². The number of nitrogens with one attached hydrogen (secondary N) is 1. The lowest BCUT2D eigenvalue weighted by Crippen LogP contribution is -2.45. The van der Waals surface area contributed by atoms with Gasteiger partial charge in [-0.15, -0.1) is 0 Å². The summed E-state index contributed by atoms with van der Waals surface area (Å²) in [4.78, 5) is 29.7. The molecular formula is C26H30ClN3O3. The molecule has 0 aliphatic rings. The summed E-state index contributed by atoms with van der Waals surface area (Å²) in [7, 11) is 0. The zero-order valence-corrected chi connectivity index (χ0v) is 20.0. The molecule has 3 rings (SSSR count). The Hall–Kier alpha value is -3.25. The molecule has 1 N–H and O–H groups in total. The molecule has 174 valence electrons. The zero-order chi connectivity index (χ0) is 23.8. The Balaban J connectivity index is 1.76. The van der Waals surface area contributed by atoms with Crippen LogP contribution in [0.3, 0.4) is 0 Å². The number of carbonyl (C=O) groups is 2. The van der Waals surface area contributed by atoms with Gasteiger partial charge in [0.15, 0.2) is 0 Å². The highest BCUT2D eigenvalue weighted by molar-refractivity contribution is 6.30. The van der Waals surface area contributed by atoms with Gasteiger partial charge >= 0.3 is 6.03 Å². The zero-order valence-electron chi connectivity index (χ0n) is 19.3. The fraction of sp³-hybridized carbons (Fsp3) is 0.308. The lowest BCUT2D eigenvalue weighted by atomic mass is 10.2. The molecule has 0 atom stereocenters. The number of carbonyl (C=O) groups excluding carboxylic acids is 2. The van der Waals surface area contributed by atoms with E-state index in [0.29, 0.717) is 36.1 Å². The smallest absolute Gasteiger partial charge is 0.322 e. The second-order valence-corrected chi connectivity index (χ2v) is 8.90. The number of amides is 3. The standard InChI is InChI=1S/C26H30ClN3O3/c1-19(2)15-30(26(32)28-23-11-7-10-22(27)14-23)18-25(31)29(16-21-8-5-4-6-9-21)17-24-13-12-20(3)33-24/h4-14,19H,15-18H2,1-3H3,(H,28,32). The summed E-state index contributed by atoms with van der Waals surface area (Å²) in [5, 5.41) is 3.38. The Kier molecular flexibility index (Phi) is 8.55. The first kappa shape index (κ1) is 24.4. The highest BCUT2D eigenvalue weighted by Crippen LogP contribution is 2.17. The molecule has 0 aliphatic carbocycles. The summed E-state index contributed by atoms with van der Waals surface area (Å²) < 4.78 is 5.71. The van der Waals surface area contributed by atoms with Crippen molar-refractivity contribution in [2.45, 2.75) is 33.9 Å². The molecule has 0 spiro atoms. The number of anilines is 1. The van der Waals surface area contributed by atoms with Gasteiger partial charge in [0.05, 0.1) is 6.54 Å². The highest BCUT2D eigenvalue weighted by atomic mass is 35.5. The number of halogens is 1. The predicted octanol–water partition coefficient (Wildman–Crippen LogP) is 5.96. The molecule has 0 radical (unpaired) electrons. The quantitative estimate of drug-likeness (QED) is 0.422. The van der Waals surface area contributed by atoms with Crippen molar-refractivity contribution in [3.05, 3.63) is 88.8 Å². The Bertz CT molecular complexity index is 1070. The number of rotatable bonds is 9. The third-order valence-electron chi connectivity index (χ3n) is 4.99. The van der Waals surface area contributed by atoms with Gasteiger partial charge < -0.3 is 19.5 Å². The van der Waals surface area contributed by atoms with Crippen LogP contribution in [-0.4, -0.2) is 34.8 Å². The molecule has 1 heterocycles. The molecule has 0 saturated heterocycles. The van der Waals surface area contributed by atoms with Crippen LogP contribution in [0.1, 0.15) is 30.9 Å². The van der Waals surface area contributed by atoms with Crippen molar-refractivity contribution in [3.63, 3.8) is 0 Å². The van der Waals surface area contributed by atoms with Crippen molar-refractivity contribution in [2.75, 3.05) is 18.4 Å². The molecule has 1 aromatic heterocycles. The second-order valence-electron chi connectivity index (χ2n) is 8.46. The highest BCUT2D eigenvalue weighted by Gasteiger charge is 2.23. The topological polar surface area (TPSA) is 65.8 Å². The number of aryl methyl sites for hydroxylation is 1. The Morgan fingerprint density at radius 2 is 1.73 bits per heavy atom. The van der Waals surface area contributed by atoms with E-state index in [1.807, 2.05) is 63.2 Å². The first-order valence-electron chi connectivity index (χ1n) is 11.0. The van der Waals surface area contributed by atoms with Crippen LogP contribution in [-0.2, 0) is 17.9 Å². The predicted molar refractivity (Wildman–Crippen MR) is 131 cm³/mol. The van der Waals surface area contributed by atoms with Crippen LogP contribution in [0.4, 0.5) is 10.5 Å². The lowest BCUT2D eigenvalue weighted by Gasteiger charge is -2.28. The first-order valence-corrected chi connectivity index (χ1v) is 11.4. The number of furan rings is 1. The molecule has 0 aliphatic heterocycles. The van der Waals surface area contributed by atoms with Crippen LogP contribution in [0.15, 0.2) is 71.1 Å². The van der Waals surface area contributed by atoms with E-state index in [2.05, 4.69) is 5.32 Å². The van der Waals surface area contributed by atoms with Crippen LogP contribution in [0.25, 0.3) is 0 Å². The molecular weight excluding hydrogens is 438 g/mol. The van der Waals surface area contributed by atoms with E-state index in [0.717, 1.165) is 11.3 Å². The maximum atomic E-state index is 13.4. The van der Waals surface area contributed by atoms with Gasteiger partial charge in [0.2, 0.25) is 5.91 Å². The van der Waals surface area contributed by atoms with Gasteiger partial charge in [-0.2, -0.15) is 0 Å². The van der Waals surface area contributed by atoms with Crippen LogP contribution in [0.5, 0.6) is 0 Å².